The Morgan fingerprint density at radius 3 is 1.42 bits per heavy atom. The topological polar surface area (TPSA) is 38.7 Å². The SMILES string of the molecule is Cc1cc(C)cc(-c2ccccc2-c2c[c-]c(-c3ccc(-c4nc(-c5ccc(C(C)(C)C)cc5)cc(-c5ccc(C(C)(C)C)cc5)n4)cn3)cc2)c1.[Ir]. The molecule has 0 aliphatic heterocycles. The van der Waals surface area contributed by atoms with E-state index in [4.69, 9.17) is 15.0 Å². The molecule has 0 saturated carbocycles. The molecule has 0 bridgehead atoms. The Bertz CT molecular complexity index is 2250. The molecule has 0 N–H and O–H groups in total. The predicted molar refractivity (Wildman–Crippen MR) is 218 cm³/mol. The molecule has 0 amide bonds. The second kappa shape index (κ2) is 15.1. The van der Waals surface area contributed by atoms with Gasteiger partial charge < -0.3 is 4.98 Å². The third kappa shape index (κ3) is 8.46. The zero-order valence-electron chi connectivity index (χ0n) is 31.9. The first-order valence-electron chi connectivity index (χ1n) is 18.1. The number of aromatic nitrogens is 3. The second-order valence-electron chi connectivity index (χ2n) is 16.0. The summed E-state index contributed by atoms with van der Waals surface area (Å²) in [4.78, 5) is 15.0. The van der Waals surface area contributed by atoms with Crippen molar-refractivity contribution in [1.82, 2.24) is 15.0 Å². The van der Waals surface area contributed by atoms with Crippen LogP contribution in [0.4, 0.5) is 0 Å². The van der Waals surface area contributed by atoms with Crippen molar-refractivity contribution in [1.29, 1.82) is 0 Å². The van der Waals surface area contributed by atoms with Crippen molar-refractivity contribution < 1.29 is 20.1 Å². The van der Waals surface area contributed by atoms with Gasteiger partial charge in [-0.3, -0.25) is 0 Å². The van der Waals surface area contributed by atoms with E-state index in [-0.39, 0.29) is 30.9 Å². The number of hydrogen-bond acceptors (Lipinski definition) is 3. The Labute approximate surface area is 329 Å². The van der Waals surface area contributed by atoms with Crippen LogP contribution in [0.5, 0.6) is 0 Å². The zero-order chi connectivity index (χ0) is 36.6. The normalized spacial score (nSPS) is 11.6. The molecule has 0 saturated heterocycles. The van der Waals surface area contributed by atoms with Gasteiger partial charge >= 0.3 is 0 Å². The first kappa shape index (κ1) is 37.7. The Morgan fingerprint density at radius 1 is 0.472 bits per heavy atom. The van der Waals surface area contributed by atoms with Gasteiger partial charge in [0.05, 0.1) is 11.4 Å². The number of nitrogens with zero attached hydrogens (tertiary/aromatic N) is 3. The van der Waals surface area contributed by atoms with Gasteiger partial charge in [-0.25, -0.2) is 9.97 Å². The van der Waals surface area contributed by atoms with E-state index in [9.17, 15) is 0 Å². The quantitative estimate of drug-likeness (QED) is 0.156. The van der Waals surface area contributed by atoms with E-state index < -0.39 is 0 Å². The number of benzene rings is 5. The number of rotatable bonds is 6. The Hall–Kier alpha value is -5.02. The Balaban J connectivity index is 0.00000481. The van der Waals surface area contributed by atoms with Gasteiger partial charge in [0.25, 0.3) is 0 Å². The molecule has 0 spiro atoms. The maximum atomic E-state index is 5.08. The Kier molecular flexibility index (Phi) is 10.8. The van der Waals surface area contributed by atoms with Crippen molar-refractivity contribution in [2.24, 2.45) is 0 Å². The molecule has 3 nitrogen and oxygen atoms in total. The molecular formula is C49H46IrN3-. The summed E-state index contributed by atoms with van der Waals surface area (Å²) in [5.74, 6) is 0.647. The maximum absolute atomic E-state index is 5.08. The summed E-state index contributed by atoms with van der Waals surface area (Å²) in [5, 5.41) is 0. The molecule has 267 valence electrons. The molecular weight excluding hydrogens is 823 g/mol. The van der Waals surface area contributed by atoms with Crippen LogP contribution in [-0.4, -0.2) is 15.0 Å². The van der Waals surface area contributed by atoms with Gasteiger partial charge in [-0.15, -0.1) is 29.8 Å². The van der Waals surface area contributed by atoms with Crippen molar-refractivity contribution in [2.45, 2.75) is 66.2 Å². The van der Waals surface area contributed by atoms with Gasteiger partial charge in [-0.2, -0.15) is 0 Å². The summed E-state index contributed by atoms with van der Waals surface area (Å²) >= 11 is 0. The minimum Gasteiger partial charge on any atom is -0.304 e. The smallest absolute Gasteiger partial charge is 0.161 e. The second-order valence-corrected chi connectivity index (χ2v) is 16.0. The molecule has 0 aliphatic rings. The van der Waals surface area contributed by atoms with Crippen LogP contribution in [0, 0.1) is 19.9 Å². The van der Waals surface area contributed by atoms with Crippen molar-refractivity contribution >= 4 is 0 Å². The van der Waals surface area contributed by atoms with Gasteiger partial charge in [0.2, 0.25) is 0 Å². The molecule has 0 unspecified atom stereocenters. The molecule has 53 heavy (non-hydrogen) atoms. The number of aryl methyl sites for hydroxylation is 2. The van der Waals surface area contributed by atoms with Crippen molar-refractivity contribution in [3.8, 4) is 67.4 Å². The fourth-order valence-corrected chi connectivity index (χ4v) is 6.71. The molecule has 4 heteroatoms. The monoisotopic (exact) mass is 869 g/mol. The minimum atomic E-state index is 0. The molecule has 0 aliphatic carbocycles. The molecule has 5 aromatic carbocycles. The van der Waals surface area contributed by atoms with E-state index in [0.717, 1.165) is 44.9 Å². The third-order valence-corrected chi connectivity index (χ3v) is 9.70. The van der Waals surface area contributed by atoms with Gasteiger partial charge in [0, 0.05) is 43.0 Å². The van der Waals surface area contributed by atoms with Crippen molar-refractivity contribution in [3.05, 3.63) is 162 Å². The Morgan fingerprint density at radius 2 is 0.962 bits per heavy atom. The average Bonchev–Trinajstić information content (AvgIpc) is 3.14. The predicted octanol–water partition coefficient (Wildman–Crippen LogP) is 12.9. The zero-order valence-corrected chi connectivity index (χ0v) is 34.3. The van der Waals surface area contributed by atoms with Crippen LogP contribution in [0.2, 0.25) is 0 Å². The minimum absolute atomic E-state index is 0. The third-order valence-electron chi connectivity index (χ3n) is 9.70. The largest absolute Gasteiger partial charge is 0.304 e. The van der Waals surface area contributed by atoms with E-state index in [1.54, 1.807) is 0 Å². The van der Waals surface area contributed by atoms with Crippen LogP contribution in [0.1, 0.15) is 63.8 Å². The average molecular weight is 869 g/mol. The standard InChI is InChI=1S/C49H46N3.Ir/c1-32-27-33(2)29-39(28-32)43-12-10-9-11-42(43)34-13-15-35(16-14-34)44-26-21-38(31-50-44)47-51-45(36-17-22-40(23-18-36)48(3,4)5)30-46(52-47)37-19-24-41(25-20-37)49(6,7)8;/h9-15,17-31H,1-8H3;/q-1;. The number of pyridine rings is 1. The summed E-state index contributed by atoms with van der Waals surface area (Å²) < 4.78 is 0. The number of hydrogen-bond donors (Lipinski definition) is 0. The summed E-state index contributed by atoms with van der Waals surface area (Å²) in [5.41, 5.74) is 16.6. The molecule has 2 heterocycles. The van der Waals surface area contributed by atoms with Crippen LogP contribution < -0.4 is 0 Å². The van der Waals surface area contributed by atoms with E-state index in [1.807, 2.05) is 12.3 Å². The first-order chi connectivity index (χ1) is 24.8. The van der Waals surface area contributed by atoms with Gasteiger partial charge in [-0.1, -0.05) is 167 Å². The van der Waals surface area contributed by atoms with Gasteiger partial charge in [0.15, 0.2) is 5.82 Å². The molecule has 0 fully saturated rings. The fourth-order valence-electron chi connectivity index (χ4n) is 6.71. The van der Waals surface area contributed by atoms with Crippen LogP contribution >= 0.6 is 0 Å². The van der Waals surface area contributed by atoms with Crippen LogP contribution in [0.25, 0.3) is 67.4 Å². The van der Waals surface area contributed by atoms with E-state index in [1.165, 1.54) is 38.9 Å². The summed E-state index contributed by atoms with van der Waals surface area (Å²) in [7, 11) is 0. The van der Waals surface area contributed by atoms with E-state index in [0.29, 0.717) is 5.82 Å². The molecule has 7 rings (SSSR count). The molecule has 0 atom stereocenters. The molecule has 2 aromatic heterocycles. The van der Waals surface area contributed by atoms with E-state index in [2.05, 4.69) is 183 Å². The molecule has 1 radical (unpaired) electrons. The summed E-state index contributed by atoms with van der Waals surface area (Å²) in [6.07, 6.45) is 1.88. The fraction of sp³-hybridized carbons (Fsp3) is 0.204. The van der Waals surface area contributed by atoms with Crippen LogP contribution in [-0.2, 0) is 30.9 Å². The van der Waals surface area contributed by atoms with Crippen molar-refractivity contribution in [3.63, 3.8) is 0 Å². The van der Waals surface area contributed by atoms with Crippen LogP contribution in [0.15, 0.2) is 134 Å². The summed E-state index contributed by atoms with van der Waals surface area (Å²) in [6, 6.07) is 48.8. The van der Waals surface area contributed by atoms with Crippen LogP contribution in [0.3, 0.4) is 0 Å². The maximum Gasteiger partial charge on any atom is 0.161 e. The first-order valence-corrected chi connectivity index (χ1v) is 18.1. The summed E-state index contributed by atoms with van der Waals surface area (Å²) in [6.45, 7) is 17.7. The molecule has 7 aromatic rings. The van der Waals surface area contributed by atoms with E-state index >= 15 is 0 Å². The van der Waals surface area contributed by atoms with Gasteiger partial charge in [0.1, 0.15) is 0 Å². The van der Waals surface area contributed by atoms with Crippen molar-refractivity contribution in [2.75, 3.05) is 0 Å². The van der Waals surface area contributed by atoms with Gasteiger partial charge in [-0.05, 0) is 58.7 Å².